The second-order valence-electron chi connectivity index (χ2n) is 4.83. The summed E-state index contributed by atoms with van der Waals surface area (Å²) in [6.07, 6.45) is 0. The maximum absolute atomic E-state index is 12.3. The summed E-state index contributed by atoms with van der Waals surface area (Å²) in [7, 11) is 0. The summed E-state index contributed by atoms with van der Waals surface area (Å²) in [5, 5.41) is 11.4. The largest absolute Gasteiger partial charge is 0.462 e. The molecule has 0 saturated carbocycles. The van der Waals surface area contributed by atoms with Crippen LogP contribution in [0.15, 0.2) is 52.9 Å². The number of hydrogen-bond acceptors (Lipinski definition) is 5. The summed E-state index contributed by atoms with van der Waals surface area (Å²) in [5.41, 5.74) is 1.20. The third-order valence-corrected chi connectivity index (χ3v) is 3.40. The van der Waals surface area contributed by atoms with Crippen molar-refractivity contribution in [2.75, 3.05) is 6.61 Å². The van der Waals surface area contributed by atoms with Gasteiger partial charge in [0.1, 0.15) is 16.9 Å². The molecule has 0 aliphatic heterocycles. The van der Waals surface area contributed by atoms with Gasteiger partial charge < -0.3 is 9.15 Å². The molecular formula is C17H13NO5. The lowest BCUT2D eigenvalue weighted by molar-refractivity contribution is -0.384. The van der Waals surface area contributed by atoms with E-state index in [4.69, 9.17) is 9.15 Å². The Labute approximate surface area is 131 Å². The molecule has 0 fully saturated rings. The first-order chi connectivity index (χ1) is 11.1. The van der Waals surface area contributed by atoms with E-state index >= 15 is 0 Å². The molecule has 6 nitrogen and oxygen atoms in total. The molecule has 3 aromatic rings. The molecule has 0 radical (unpaired) electrons. The highest BCUT2D eigenvalue weighted by Gasteiger charge is 2.24. The zero-order valence-corrected chi connectivity index (χ0v) is 12.3. The monoisotopic (exact) mass is 311 g/mol. The molecule has 0 aliphatic rings. The predicted molar refractivity (Wildman–Crippen MR) is 84.3 cm³/mol. The van der Waals surface area contributed by atoms with Gasteiger partial charge in [-0.05, 0) is 13.0 Å². The van der Waals surface area contributed by atoms with E-state index in [2.05, 4.69) is 0 Å². The Morgan fingerprint density at radius 3 is 2.61 bits per heavy atom. The van der Waals surface area contributed by atoms with Crippen molar-refractivity contribution in [2.24, 2.45) is 0 Å². The van der Waals surface area contributed by atoms with Crippen LogP contribution in [0.25, 0.3) is 22.3 Å². The average molecular weight is 311 g/mol. The summed E-state index contributed by atoms with van der Waals surface area (Å²) in [6, 6.07) is 13.3. The van der Waals surface area contributed by atoms with Gasteiger partial charge in [0.2, 0.25) is 0 Å². The lowest BCUT2D eigenvalue weighted by Gasteiger charge is -2.03. The maximum atomic E-state index is 12.3. The van der Waals surface area contributed by atoms with E-state index in [1.54, 1.807) is 19.1 Å². The number of ether oxygens (including phenoxy) is 1. The van der Waals surface area contributed by atoms with Gasteiger partial charge in [-0.25, -0.2) is 4.79 Å². The van der Waals surface area contributed by atoms with E-state index in [1.807, 2.05) is 18.2 Å². The summed E-state index contributed by atoms with van der Waals surface area (Å²) >= 11 is 0. The van der Waals surface area contributed by atoms with E-state index < -0.39 is 10.9 Å². The van der Waals surface area contributed by atoms with Crippen LogP contribution in [0.1, 0.15) is 17.3 Å². The quantitative estimate of drug-likeness (QED) is 0.410. The summed E-state index contributed by atoms with van der Waals surface area (Å²) in [4.78, 5) is 22.8. The van der Waals surface area contributed by atoms with Gasteiger partial charge in [-0.2, -0.15) is 0 Å². The number of esters is 1. The van der Waals surface area contributed by atoms with Crippen molar-refractivity contribution in [3.8, 4) is 11.3 Å². The number of carbonyl (C=O) groups excluding carboxylic acids is 1. The van der Waals surface area contributed by atoms with E-state index in [1.165, 1.54) is 18.2 Å². The zero-order chi connectivity index (χ0) is 16.4. The molecule has 116 valence electrons. The van der Waals surface area contributed by atoms with Gasteiger partial charge in [0.05, 0.1) is 11.5 Å². The highest BCUT2D eigenvalue weighted by atomic mass is 16.6. The zero-order valence-electron chi connectivity index (χ0n) is 12.3. The Morgan fingerprint density at radius 2 is 1.96 bits per heavy atom. The molecule has 23 heavy (non-hydrogen) atoms. The van der Waals surface area contributed by atoms with Crippen LogP contribution in [0, 0.1) is 10.1 Å². The lowest BCUT2D eigenvalue weighted by Crippen LogP contribution is -2.05. The molecule has 3 rings (SSSR count). The van der Waals surface area contributed by atoms with Crippen LogP contribution in [0.4, 0.5) is 5.69 Å². The molecule has 1 aromatic heterocycles. The Morgan fingerprint density at radius 1 is 1.22 bits per heavy atom. The fourth-order valence-corrected chi connectivity index (χ4v) is 2.40. The third kappa shape index (κ3) is 2.66. The third-order valence-electron chi connectivity index (χ3n) is 3.40. The molecule has 0 atom stereocenters. The molecule has 6 heteroatoms. The van der Waals surface area contributed by atoms with Gasteiger partial charge in [0.15, 0.2) is 0 Å². The number of rotatable bonds is 4. The fraction of sp³-hybridized carbons (Fsp3) is 0.118. The summed E-state index contributed by atoms with van der Waals surface area (Å²) in [5.74, 6) is -0.217. The standard InChI is InChI=1S/C17H13NO5/c1-2-22-17(19)15-13-10-12(18(20)21)8-9-14(13)23-16(15)11-6-4-3-5-7-11/h3-10H,2H2,1H3. The van der Waals surface area contributed by atoms with Crippen LogP contribution in [0.3, 0.4) is 0 Å². The molecule has 0 bridgehead atoms. The molecule has 0 amide bonds. The molecule has 0 aliphatic carbocycles. The first-order valence-corrected chi connectivity index (χ1v) is 7.05. The van der Waals surface area contributed by atoms with Crippen LogP contribution in [-0.2, 0) is 4.74 Å². The fourth-order valence-electron chi connectivity index (χ4n) is 2.40. The normalized spacial score (nSPS) is 10.7. The number of hydrogen-bond donors (Lipinski definition) is 0. The molecule has 0 unspecified atom stereocenters. The second kappa shape index (κ2) is 5.92. The highest BCUT2D eigenvalue weighted by molar-refractivity contribution is 6.09. The smallest absolute Gasteiger partial charge is 0.342 e. The lowest BCUT2D eigenvalue weighted by atomic mass is 10.1. The van der Waals surface area contributed by atoms with Crippen LogP contribution >= 0.6 is 0 Å². The van der Waals surface area contributed by atoms with Gasteiger partial charge in [-0.15, -0.1) is 0 Å². The van der Waals surface area contributed by atoms with Crippen molar-refractivity contribution in [3.63, 3.8) is 0 Å². The van der Waals surface area contributed by atoms with Crippen molar-refractivity contribution in [1.29, 1.82) is 0 Å². The van der Waals surface area contributed by atoms with Crippen LogP contribution < -0.4 is 0 Å². The van der Waals surface area contributed by atoms with E-state index in [0.29, 0.717) is 22.3 Å². The first kappa shape index (κ1) is 14.8. The minimum atomic E-state index is -0.564. The first-order valence-electron chi connectivity index (χ1n) is 7.05. The van der Waals surface area contributed by atoms with Crippen LogP contribution in [0.2, 0.25) is 0 Å². The molecule has 2 aromatic carbocycles. The highest BCUT2D eigenvalue weighted by Crippen LogP contribution is 2.35. The summed E-state index contributed by atoms with van der Waals surface area (Å²) in [6.45, 7) is 1.90. The average Bonchev–Trinajstić information content (AvgIpc) is 2.94. The molecule has 1 heterocycles. The van der Waals surface area contributed by atoms with E-state index in [0.717, 1.165) is 0 Å². The number of non-ortho nitro benzene ring substituents is 1. The van der Waals surface area contributed by atoms with Gasteiger partial charge >= 0.3 is 5.97 Å². The minimum Gasteiger partial charge on any atom is -0.462 e. The topological polar surface area (TPSA) is 82.6 Å². The number of benzene rings is 2. The van der Waals surface area contributed by atoms with Gasteiger partial charge in [-0.3, -0.25) is 10.1 Å². The summed E-state index contributed by atoms with van der Waals surface area (Å²) < 4.78 is 10.9. The van der Waals surface area contributed by atoms with Gasteiger partial charge in [0.25, 0.3) is 5.69 Å². The number of carbonyl (C=O) groups is 1. The Balaban J connectivity index is 2.29. The van der Waals surface area contributed by atoms with Crippen molar-refractivity contribution < 1.29 is 18.9 Å². The maximum Gasteiger partial charge on any atom is 0.342 e. The van der Waals surface area contributed by atoms with Crippen LogP contribution in [0.5, 0.6) is 0 Å². The molecular weight excluding hydrogens is 298 g/mol. The SMILES string of the molecule is CCOC(=O)c1c(-c2ccccc2)oc2ccc([N+](=O)[O-])cc12. The predicted octanol–water partition coefficient (Wildman–Crippen LogP) is 4.18. The Hall–Kier alpha value is -3.15. The second-order valence-corrected chi connectivity index (χ2v) is 4.83. The number of furan rings is 1. The van der Waals surface area contributed by atoms with E-state index in [-0.39, 0.29) is 17.9 Å². The Bertz CT molecular complexity index is 883. The number of nitro benzene ring substituents is 1. The number of nitro groups is 1. The molecule has 0 N–H and O–H groups in total. The Kier molecular flexibility index (Phi) is 3.80. The van der Waals surface area contributed by atoms with Gasteiger partial charge in [0, 0.05) is 23.1 Å². The van der Waals surface area contributed by atoms with Crippen molar-refractivity contribution >= 4 is 22.6 Å². The van der Waals surface area contributed by atoms with Crippen molar-refractivity contribution in [3.05, 3.63) is 64.2 Å². The number of nitrogens with zero attached hydrogens (tertiary/aromatic N) is 1. The minimum absolute atomic E-state index is 0.108. The number of fused-ring (bicyclic) bond motifs is 1. The van der Waals surface area contributed by atoms with Gasteiger partial charge in [-0.1, -0.05) is 30.3 Å². The van der Waals surface area contributed by atoms with E-state index in [9.17, 15) is 14.9 Å². The molecule has 0 saturated heterocycles. The molecule has 0 spiro atoms. The van der Waals surface area contributed by atoms with Crippen molar-refractivity contribution in [2.45, 2.75) is 6.92 Å². The van der Waals surface area contributed by atoms with Crippen LogP contribution in [-0.4, -0.2) is 17.5 Å². The van der Waals surface area contributed by atoms with Crippen molar-refractivity contribution in [1.82, 2.24) is 0 Å².